The van der Waals surface area contributed by atoms with Crippen LogP contribution < -0.4 is 4.74 Å². The zero-order valence-corrected chi connectivity index (χ0v) is 11.5. The summed E-state index contributed by atoms with van der Waals surface area (Å²) in [4.78, 5) is 11.4. The number of para-hydroxylation sites is 1. The molecule has 0 N–H and O–H groups in total. The maximum atomic E-state index is 11.4. The van der Waals surface area contributed by atoms with Crippen molar-refractivity contribution in [2.75, 3.05) is 0 Å². The fourth-order valence-electron chi connectivity index (χ4n) is 1.96. The van der Waals surface area contributed by atoms with E-state index in [2.05, 4.69) is 19.9 Å². The van der Waals surface area contributed by atoms with Crippen LogP contribution >= 0.6 is 0 Å². The first-order chi connectivity index (χ1) is 9.08. The highest BCUT2D eigenvalue weighted by Gasteiger charge is 2.08. The third kappa shape index (κ3) is 3.22. The number of carbonyl (C=O) groups is 1. The molecular formula is C17H18O2. The highest BCUT2D eigenvalue weighted by molar-refractivity contribution is 5.94. The summed E-state index contributed by atoms with van der Waals surface area (Å²) in [6, 6.07) is 15.3. The molecule has 0 aliphatic carbocycles. The van der Waals surface area contributed by atoms with Crippen LogP contribution in [0.15, 0.2) is 48.5 Å². The van der Waals surface area contributed by atoms with Crippen molar-refractivity contribution in [3.05, 3.63) is 59.7 Å². The monoisotopic (exact) mass is 254 g/mol. The predicted molar refractivity (Wildman–Crippen MR) is 77.1 cm³/mol. The maximum absolute atomic E-state index is 11.4. The third-order valence-corrected chi connectivity index (χ3v) is 3.01. The van der Waals surface area contributed by atoms with Crippen molar-refractivity contribution < 1.29 is 9.53 Å². The van der Waals surface area contributed by atoms with Crippen LogP contribution in [0, 0.1) is 0 Å². The summed E-state index contributed by atoms with van der Waals surface area (Å²) >= 11 is 0. The van der Waals surface area contributed by atoms with Gasteiger partial charge < -0.3 is 4.74 Å². The molecule has 0 aliphatic rings. The smallest absolute Gasteiger partial charge is 0.159 e. The molecule has 0 aliphatic heterocycles. The average molecular weight is 254 g/mol. The summed E-state index contributed by atoms with van der Waals surface area (Å²) in [6.45, 7) is 5.82. The van der Waals surface area contributed by atoms with Gasteiger partial charge in [0.15, 0.2) is 5.78 Å². The van der Waals surface area contributed by atoms with Crippen LogP contribution in [0.3, 0.4) is 0 Å². The molecule has 19 heavy (non-hydrogen) atoms. The number of ketones is 1. The maximum Gasteiger partial charge on any atom is 0.159 e. The van der Waals surface area contributed by atoms with E-state index < -0.39 is 0 Å². The van der Waals surface area contributed by atoms with Crippen LogP contribution in [0.5, 0.6) is 11.5 Å². The zero-order valence-electron chi connectivity index (χ0n) is 11.5. The molecule has 0 atom stereocenters. The number of ether oxygens (including phenoxy) is 1. The largest absolute Gasteiger partial charge is 0.457 e. The normalized spacial score (nSPS) is 10.5. The van der Waals surface area contributed by atoms with Crippen LogP contribution in [-0.4, -0.2) is 5.78 Å². The first-order valence-electron chi connectivity index (χ1n) is 6.45. The van der Waals surface area contributed by atoms with Gasteiger partial charge in [-0.25, -0.2) is 0 Å². The molecule has 0 radical (unpaired) electrons. The fourth-order valence-corrected chi connectivity index (χ4v) is 1.96. The molecule has 0 saturated carbocycles. The predicted octanol–water partition coefficient (Wildman–Crippen LogP) is 4.80. The number of rotatable bonds is 4. The second kappa shape index (κ2) is 5.70. The van der Waals surface area contributed by atoms with E-state index in [4.69, 9.17) is 4.74 Å². The Morgan fingerprint density at radius 3 is 2.47 bits per heavy atom. The van der Waals surface area contributed by atoms with Crippen molar-refractivity contribution in [2.45, 2.75) is 26.7 Å². The molecule has 0 spiro atoms. The van der Waals surface area contributed by atoms with Gasteiger partial charge >= 0.3 is 0 Å². The van der Waals surface area contributed by atoms with Crippen molar-refractivity contribution >= 4 is 5.78 Å². The van der Waals surface area contributed by atoms with Crippen LogP contribution in [0.2, 0.25) is 0 Å². The van der Waals surface area contributed by atoms with Gasteiger partial charge in [-0.3, -0.25) is 4.79 Å². The number of carbonyl (C=O) groups excluding carboxylic acids is 1. The number of Topliss-reactive ketones (excluding diaryl/α,β-unsaturated/α-hetero) is 1. The number of hydrogen-bond acceptors (Lipinski definition) is 2. The van der Waals surface area contributed by atoms with Crippen molar-refractivity contribution in [3.8, 4) is 11.5 Å². The highest BCUT2D eigenvalue weighted by Crippen LogP contribution is 2.30. The SMILES string of the molecule is CC(=O)c1cccc(Oc2ccccc2C(C)C)c1. The average Bonchev–Trinajstić information content (AvgIpc) is 2.39. The molecule has 2 aromatic carbocycles. The molecule has 0 heterocycles. The van der Waals surface area contributed by atoms with E-state index >= 15 is 0 Å². The Kier molecular flexibility index (Phi) is 4.00. The lowest BCUT2D eigenvalue weighted by molar-refractivity contribution is 0.101. The molecule has 0 bridgehead atoms. The Morgan fingerprint density at radius 1 is 1.05 bits per heavy atom. The van der Waals surface area contributed by atoms with Crippen molar-refractivity contribution in [1.29, 1.82) is 0 Å². The lowest BCUT2D eigenvalue weighted by atomic mass is 10.0. The molecule has 2 aromatic rings. The summed E-state index contributed by atoms with van der Waals surface area (Å²) in [7, 11) is 0. The van der Waals surface area contributed by atoms with Crippen LogP contribution in [0.4, 0.5) is 0 Å². The second-order valence-corrected chi connectivity index (χ2v) is 4.88. The van der Waals surface area contributed by atoms with Crippen LogP contribution in [-0.2, 0) is 0 Å². The first-order valence-corrected chi connectivity index (χ1v) is 6.45. The minimum Gasteiger partial charge on any atom is -0.457 e. The van der Waals surface area contributed by atoms with E-state index in [1.165, 1.54) is 0 Å². The molecule has 0 aromatic heterocycles. The molecule has 2 heteroatoms. The molecule has 2 nitrogen and oxygen atoms in total. The Labute approximate surface area is 114 Å². The minimum atomic E-state index is 0.0441. The van der Waals surface area contributed by atoms with Gasteiger partial charge in [-0.05, 0) is 36.6 Å². The van der Waals surface area contributed by atoms with E-state index in [-0.39, 0.29) is 5.78 Å². The molecule has 2 rings (SSSR count). The number of benzene rings is 2. The van der Waals surface area contributed by atoms with Crippen molar-refractivity contribution in [1.82, 2.24) is 0 Å². The van der Waals surface area contributed by atoms with Gasteiger partial charge in [-0.2, -0.15) is 0 Å². The van der Waals surface area contributed by atoms with E-state index in [1.807, 2.05) is 30.3 Å². The van der Waals surface area contributed by atoms with Crippen molar-refractivity contribution in [2.24, 2.45) is 0 Å². The molecule has 0 saturated heterocycles. The van der Waals surface area contributed by atoms with Gasteiger partial charge in [0.25, 0.3) is 0 Å². The van der Waals surface area contributed by atoms with Gasteiger partial charge in [0.2, 0.25) is 0 Å². The van der Waals surface area contributed by atoms with Gasteiger partial charge in [0.05, 0.1) is 0 Å². The summed E-state index contributed by atoms with van der Waals surface area (Å²) in [5.41, 5.74) is 1.83. The van der Waals surface area contributed by atoms with Gasteiger partial charge in [0, 0.05) is 5.56 Å². The molecule has 0 unspecified atom stereocenters. The summed E-state index contributed by atoms with van der Waals surface area (Å²) in [5, 5.41) is 0. The molecule has 0 amide bonds. The van der Waals surface area contributed by atoms with Gasteiger partial charge in [-0.15, -0.1) is 0 Å². The lowest BCUT2D eigenvalue weighted by Crippen LogP contribution is -1.95. The first kappa shape index (κ1) is 13.3. The molecule has 98 valence electrons. The Morgan fingerprint density at radius 2 is 1.79 bits per heavy atom. The Bertz CT molecular complexity index is 585. The quantitative estimate of drug-likeness (QED) is 0.732. The second-order valence-electron chi connectivity index (χ2n) is 4.88. The highest BCUT2D eigenvalue weighted by atomic mass is 16.5. The Hall–Kier alpha value is -2.09. The van der Waals surface area contributed by atoms with E-state index in [0.717, 1.165) is 11.3 Å². The summed E-state index contributed by atoms with van der Waals surface area (Å²) in [5.74, 6) is 1.98. The van der Waals surface area contributed by atoms with Crippen molar-refractivity contribution in [3.63, 3.8) is 0 Å². The van der Waals surface area contributed by atoms with Gasteiger partial charge in [0.1, 0.15) is 11.5 Å². The topological polar surface area (TPSA) is 26.3 Å². The third-order valence-electron chi connectivity index (χ3n) is 3.01. The van der Waals surface area contributed by atoms with E-state index in [9.17, 15) is 4.79 Å². The van der Waals surface area contributed by atoms with Crippen LogP contribution in [0.25, 0.3) is 0 Å². The summed E-state index contributed by atoms with van der Waals surface area (Å²) in [6.07, 6.45) is 0. The summed E-state index contributed by atoms with van der Waals surface area (Å²) < 4.78 is 5.91. The fraction of sp³-hybridized carbons (Fsp3) is 0.235. The Balaban J connectivity index is 2.31. The van der Waals surface area contributed by atoms with E-state index in [0.29, 0.717) is 17.2 Å². The van der Waals surface area contributed by atoms with Gasteiger partial charge in [-0.1, -0.05) is 44.2 Å². The zero-order chi connectivity index (χ0) is 13.8. The lowest BCUT2D eigenvalue weighted by Gasteiger charge is -2.13. The minimum absolute atomic E-state index is 0.0441. The van der Waals surface area contributed by atoms with Crippen LogP contribution in [0.1, 0.15) is 42.6 Å². The molecule has 0 fully saturated rings. The molecular weight excluding hydrogens is 236 g/mol. The number of hydrogen-bond donors (Lipinski definition) is 0. The van der Waals surface area contributed by atoms with E-state index in [1.54, 1.807) is 19.1 Å². The standard InChI is InChI=1S/C17H18O2/c1-12(2)16-9-4-5-10-17(16)19-15-8-6-7-14(11-15)13(3)18/h4-12H,1-3H3.